The van der Waals surface area contributed by atoms with Crippen LogP contribution in [0.4, 0.5) is 8.78 Å². The van der Waals surface area contributed by atoms with E-state index in [1.807, 2.05) is 6.07 Å². The van der Waals surface area contributed by atoms with Gasteiger partial charge in [0.05, 0.1) is 6.10 Å². The lowest BCUT2D eigenvalue weighted by Gasteiger charge is -2.32. The van der Waals surface area contributed by atoms with E-state index in [4.69, 9.17) is 4.74 Å². The molecule has 0 amide bonds. The van der Waals surface area contributed by atoms with Crippen molar-refractivity contribution in [3.8, 4) is 5.75 Å². The quantitative estimate of drug-likeness (QED) is 0.411. The Morgan fingerprint density at radius 3 is 2.29 bits per heavy atom. The monoisotopic (exact) mass is 430 g/mol. The van der Waals surface area contributed by atoms with Gasteiger partial charge in [0.15, 0.2) is 11.6 Å². The summed E-state index contributed by atoms with van der Waals surface area (Å²) < 4.78 is 36.1. The zero-order chi connectivity index (χ0) is 21.8. The molecule has 1 aromatic carbocycles. The zero-order valence-corrected chi connectivity index (χ0v) is 19.5. The highest BCUT2D eigenvalue weighted by atomic mass is 19.2. The van der Waals surface area contributed by atoms with Crippen LogP contribution in [0.2, 0.25) is 0 Å². The molecule has 0 aromatic heterocycles. The Bertz CT molecular complexity index is 755. The van der Waals surface area contributed by atoms with Crippen LogP contribution in [-0.4, -0.2) is 6.10 Å². The van der Waals surface area contributed by atoms with E-state index in [0.29, 0.717) is 11.5 Å². The van der Waals surface area contributed by atoms with Crippen molar-refractivity contribution in [2.24, 2.45) is 17.8 Å². The average molecular weight is 431 g/mol. The van der Waals surface area contributed by atoms with E-state index in [1.54, 1.807) is 0 Å². The number of ether oxygens (including phenoxy) is 1. The van der Waals surface area contributed by atoms with Crippen LogP contribution in [0, 0.1) is 29.4 Å². The molecule has 0 spiro atoms. The molecule has 1 nitrogen and oxygen atoms in total. The summed E-state index contributed by atoms with van der Waals surface area (Å²) in [5, 5.41) is 0. The van der Waals surface area contributed by atoms with Gasteiger partial charge in [-0.1, -0.05) is 51.2 Å². The minimum Gasteiger partial charge on any atom is -0.487 e. The lowest BCUT2D eigenvalue weighted by atomic mass is 9.77. The second-order valence-corrected chi connectivity index (χ2v) is 10.4. The fourth-order valence-electron chi connectivity index (χ4n) is 6.28. The molecule has 0 N–H and O–H groups in total. The highest BCUT2D eigenvalue weighted by molar-refractivity contribution is 5.43. The van der Waals surface area contributed by atoms with Crippen molar-refractivity contribution in [2.45, 2.75) is 109 Å². The highest BCUT2D eigenvalue weighted by Crippen LogP contribution is 2.42. The third kappa shape index (κ3) is 5.34. The number of halogens is 2. The van der Waals surface area contributed by atoms with Gasteiger partial charge in [-0.3, -0.25) is 0 Å². The molecule has 3 heteroatoms. The van der Waals surface area contributed by atoms with Crippen molar-refractivity contribution in [1.29, 1.82) is 0 Å². The summed E-state index contributed by atoms with van der Waals surface area (Å²) in [6.45, 7) is 4.35. The summed E-state index contributed by atoms with van der Waals surface area (Å²) in [6, 6.07) is 1.93. The molecule has 0 radical (unpaired) electrons. The first-order valence-electron chi connectivity index (χ1n) is 12.9. The summed E-state index contributed by atoms with van der Waals surface area (Å²) in [6.07, 6.45) is 18.9. The summed E-state index contributed by atoms with van der Waals surface area (Å²) >= 11 is 0. The molecule has 1 heterocycles. The molecule has 0 saturated heterocycles. The second kappa shape index (κ2) is 10.5. The van der Waals surface area contributed by atoms with E-state index < -0.39 is 11.6 Å². The Balaban J connectivity index is 1.36. The molecule has 0 bridgehead atoms. The Hall–Kier alpha value is -1.38. The first-order chi connectivity index (χ1) is 15.1. The molecule has 2 fully saturated rings. The number of hydrogen-bond donors (Lipinski definition) is 0. The summed E-state index contributed by atoms with van der Waals surface area (Å²) in [5.41, 5.74) is 1.47. The van der Waals surface area contributed by atoms with Crippen molar-refractivity contribution >= 4 is 0 Å². The van der Waals surface area contributed by atoms with E-state index in [0.717, 1.165) is 68.8 Å². The van der Waals surface area contributed by atoms with Crippen molar-refractivity contribution < 1.29 is 13.5 Å². The van der Waals surface area contributed by atoms with Crippen LogP contribution in [0.3, 0.4) is 0 Å². The van der Waals surface area contributed by atoms with Gasteiger partial charge in [-0.2, -0.15) is 4.39 Å². The van der Waals surface area contributed by atoms with Gasteiger partial charge < -0.3 is 4.74 Å². The Kier molecular flexibility index (Phi) is 7.72. The molecule has 1 atom stereocenters. The first kappa shape index (κ1) is 22.8. The molecule has 3 aliphatic rings. The van der Waals surface area contributed by atoms with Crippen LogP contribution in [0.5, 0.6) is 5.75 Å². The standard InChI is InChI=1S/C28H40F2O/c1-3-5-20-10-13-22(14-11-20)25-18-23-15-17-24(31-28(23)27(30)26(25)29)16-12-21-8-6-19(4-2)7-9-21/h3,5,18-22,24H,4,6-17H2,1-2H3/b5-3+. The lowest BCUT2D eigenvalue weighted by molar-refractivity contribution is 0.137. The Morgan fingerprint density at radius 1 is 0.903 bits per heavy atom. The van der Waals surface area contributed by atoms with E-state index in [-0.39, 0.29) is 17.8 Å². The SMILES string of the molecule is C/C=C/C1CCC(c2cc3c(c(F)c2F)OC(CCC2CCC(CC)CC2)CC3)CC1. The van der Waals surface area contributed by atoms with E-state index in [9.17, 15) is 0 Å². The van der Waals surface area contributed by atoms with Gasteiger partial charge >= 0.3 is 0 Å². The molecule has 2 aliphatic carbocycles. The predicted molar refractivity (Wildman–Crippen MR) is 124 cm³/mol. The molecule has 1 unspecified atom stereocenters. The number of aryl methyl sites for hydroxylation is 1. The molecule has 1 aromatic rings. The Morgan fingerprint density at radius 2 is 1.61 bits per heavy atom. The van der Waals surface area contributed by atoms with Gasteiger partial charge in [0.2, 0.25) is 5.82 Å². The van der Waals surface area contributed by atoms with Crippen LogP contribution in [0.15, 0.2) is 18.2 Å². The zero-order valence-electron chi connectivity index (χ0n) is 19.5. The normalized spacial score (nSPS) is 31.4. The minimum absolute atomic E-state index is 0.0346. The molecular formula is C28H40F2O. The maximum absolute atomic E-state index is 15.0. The third-order valence-corrected chi connectivity index (χ3v) is 8.40. The van der Waals surface area contributed by atoms with E-state index >= 15 is 8.78 Å². The smallest absolute Gasteiger partial charge is 0.201 e. The average Bonchev–Trinajstić information content (AvgIpc) is 2.81. The minimum atomic E-state index is -0.740. The molecule has 4 rings (SSSR count). The molecular weight excluding hydrogens is 390 g/mol. The summed E-state index contributed by atoms with van der Waals surface area (Å²) in [5.74, 6) is 1.23. The van der Waals surface area contributed by atoms with Crippen LogP contribution in [-0.2, 0) is 6.42 Å². The van der Waals surface area contributed by atoms with Crippen LogP contribution >= 0.6 is 0 Å². The van der Waals surface area contributed by atoms with Crippen molar-refractivity contribution in [1.82, 2.24) is 0 Å². The topological polar surface area (TPSA) is 9.23 Å². The van der Waals surface area contributed by atoms with Crippen molar-refractivity contribution in [2.75, 3.05) is 0 Å². The fourth-order valence-corrected chi connectivity index (χ4v) is 6.28. The molecule has 1 aliphatic heterocycles. The number of benzene rings is 1. The summed E-state index contributed by atoms with van der Waals surface area (Å²) in [4.78, 5) is 0. The first-order valence-corrected chi connectivity index (χ1v) is 12.9. The summed E-state index contributed by atoms with van der Waals surface area (Å²) in [7, 11) is 0. The van der Waals surface area contributed by atoms with Gasteiger partial charge in [0.1, 0.15) is 0 Å². The molecule has 2 saturated carbocycles. The van der Waals surface area contributed by atoms with E-state index in [1.165, 1.54) is 32.1 Å². The lowest BCUT2D eigenvalue weighted by Crippen LogP contribution is -2.26. The maximum atomic E-state index is 15.0. The van der Waals surface area contributed by atoms with Crippen molar-refractivity contribution in [3.05, 3.63) is 41.0 Å². The number of fused-ring (bicyclic) bond motifs is 1. The van der Waals surface area contributed by atoms with Gasteiger partial charge in [-0.15, -0.1) is 0 Å². The maximum Gasteiger partial charge on any atom is 0.201 e. The fraction of sp³-hybridized carbons (Fsp3) is 0.714. The highest BCUT2D eigenvalue weighted by Gasteiger charge is 2.31. The van der Waals surface area contributed by atoms with Gasteiger partial charge in [0, 0.05) is 0 Å². The van der Waals surface area contributed by atoms with Crippen LogP contribution in [0.25, 0.3) is 0 Å². The van der Waals surface area contributed by atoms with Gasteiger partial charge in [-0.25, -0.2) is 4.39 Å². The largest absolute Gasteiger partial charge is 0.487 e. The van der Waals surface area contributed by atoms with Crippen molar-refractivity contribution in [3.63, 3.8) is 0 Å². The van der Waals surface area contributed by atoms with Crippen LogP contribution in [0.1, 0.15) is 108 Å². The Labute approximate surface area is 187 Å². The van der Waals surface area contributed by atoms with E-state index in [2.05, 4.69) is 26.0 Å². The number of allylic oxidation sites excluding steroid dienone is 2. The molecule has 172 valence electrons. The number of rotatable bonds is 6. The third-order valence-electron chi connectivity index (χ3n) is 8.40. The number of hydrogen-bond acceptors (Lipinski definition) is 1. The molecule has 31 heavy (non-hydrogen) atoms. The van der Waals surface area contributed by atoms with Gasteiger partial charge in [0.25, 0.3) is 0 Å². The second-order valence-electron chi connectivity index (χ2n) is 10.4. The van der Waals surface area contributed by atoms with Gasteiger partial charge in [-0.05, 0) is 99.2 Å². The van der Waals surface area contributed by atoms with Crippen LogP contribution < -0.4 is 4.74 Å². The predicted octanol–water partition coefficient (Wildman–Crippen LogP) is 8.50.